The molecule has 3 atom stereocenters. The molecule has 0 aliphatic rings. The maximum absolute atomic E-state index is 13.2. The first kappa shape index (κ1) is 40.7. The van der Waals surface area contributed by atoms with Crippen molar-refractivity contribution in [3.05, 3.63) is 36.0 Å². The number of carboxylic acid groups (broad SMARTS) is 1. The van der Waals surface area contributed by atoms with Crippen molar-refractivity contribution in [3.63, 3.8) is 0 Å². The fraction of sp³-hybridized carbons (Fsp3) is 0.676. The van der Waals surface area contributed by atoms with Gasteiger partial charge in [-0.15, -0.1) is 0 Å². The number of hydrogen-bond acceptors (Lipinski definition) is 6. The van der Waals surface area contributed by atoms with Crippen molar-refractivity contribution in [1.29, 1.82) is 0 Å². The summed E-state index contributed by atoms with van der Waals surface area (Å²) in [6.07, 6.45) is 18.4. The summed E-state index contributed by atoms with van der Waals surface area (Å²) in [6, 6.07) is 6.34. The third-order valence-corrected chi connectivity index (χ3v) is 8.83. The van der Waals surface area contributed by atoms with Gasteiger partial charge in [0, 0.05) is 30.6 Å². The molecule has 0 radical (unpaired) electrons. The fourth-order valence-corrected chi connectivity index (χ4v) is 5.87. The van der Waals surface area contributed by atoms with Crippen LogP contribution in [0.4, 0.5) is 0 Å². The number of nitrogens with one attached hydrogen (secondary N) is 4. The molecule has 2 aromatic rings. The number of rotatable bonds is 28. The molecule has 0 unspecified atom stereocenters. The lowest BCUT2D eigenvalue weighted by atomic mass is 10.0. The SMILES string of the molecule is CCCCCCCCCCCCCCCC(=O)NCC[C@H](N)C(=O)N[C@@H](CCCCN)C(=O)N[C@@H](Cc1cc2ccccc2[nH]1)C(=O)O. The van der Waals surface area contributed by atoms with E-state index in [9.17, 15) is 24.3 Å². The standard InChI is InChI=1S/C37H62N6O5/c1-2-3-4-5-6-7-8-9-10-11-12-13-14-22-34(44)40-25-23-30(39)35(45)42-32(21-17-18-24-38)36(46)43-33(37(47)48)27-29-26-28-19-15-16-20-31(28)41-29/h15-16,19-20,26,30,32-33,41H,2-14,17-18,21-25,27,38-39H2,1H3,(H,40,44)(H,42,45)(H,43,46)(H,47,48)/t30-,32-,33-/m0/s1. The van der Waals surface area contributed by atoms with Crippen LogP contribution in [0.1, 0.15) is 128 Å². The summed E-state index contributed by atoms with van der Waals surface area (Å²) in [5, 5.41) is 18.9. The highest BCUT2D eigenvalue weighted by atomic mass is 16.4. The van der Waals surface area contributed by atoms with E-state index in [1.807, 2.05) is 30.3 Å². The Balaban J connectivity index is 1.68. The Morgan fingerprint density at radius 3 is 1.98 bits per heavy atom. The van der Waals surface area contributed by atoms with Crippen LogP contribution in [0.15, 0.2) is 30.3 Å². The number of unbranched alkanes of at least 4 members (excludes halogenated alkanes) is 13. The molecule has 0 aliphatic carbocycles. The average molecular weight is 671 g/mol. The molecule has 0 spiro atoms. The Morgan fingerprint density at radius 2 is 1.38 bits per heavy atom. The van der Waals surface area contributed by atoms with Crippen molar-refractivity contribution in [3.8, 4) is 0 Å². The van der Waals surface area contributed by atoms with Gasteiger partial charge in [0.15, 0.2) is 0 Å². The van der Waals surface area contributed by atoms with E-state index in [0.29, 0.717) is 31.5 Å². The van der Waals surface area contributed by atoms with Gasteiger partial charge in [-0.05, 0) is 56.2 Å². The average Bonchev–Trinajstić information content (AvgIpc) is 3.48. The normalized spacial score (nSPS) is 13.1. The number of aromatic nitrogens is 1. The topological polar surface area (TPSA) is 192 Å². The van der Waals surface area contributed by atoms with Gasteiger partial charge in [-0.3, -0.25) is 14.4 Å². The molecular formula is C37H62N6O5. The second kappa shape index (κ2) is 24.7. The van der Waals surface area contributed by atoms with Gasteiger partial charge < -0.3 is 37.5 Å². The van der Waals surface area contributed by atoms with Gasteiger partial charge in [-0.2, -0.15) is 0 Å². The van der Waals surface area contributed by atoms with Crippen LogP contribution >= 0.6 is 0 Å². The van der Waals surface area contributed by atoms with Gasteiger partial charge in [-0.1, -0.05) is 102 Å². The molecule has 1 heterocycles. The Kier molecular flexibility index (Phi) is 20.9. The molecular weight excluding hydrogens is 608 g/mol. The lowest BCUT2D eigenvalue weighted by Gasteiger charge is -2.23. The molecule has 9 N–H and O–H groups in total. The van der Waals surface area contributed by atoms with Crippen LogP contribution in [0.3, 0.4) is 0 Å². The summed E-state index contributed by atoms with van der Waals surface area (Å²) in [5.74, 6) is -2.36. The number of fused-ring (bicyclic) bond motifs is 1. The zero-order valence-corrected chi connectivity index (χ0v) is 29.2. The molecule has 0 saturated carbocycles. The molecule has 1 aromatic heterocycles. The number of aliphatic carboxylic acids is 1. The molecule has 48 heavy (non-hydrogen) atoms. The largest absolute Gasteiger partial charge is 0.480 e. The van der Waals surface area contributed by atoms with Crippen LogP contribution in [-0.4, -0.2) is 65.0 Å². The summed E-state index contributed by atoms with van der Waals surface area (Å²) in [4.78, 5) is 53.6. The Morgan fingerprint density at radius 1 is 0.771 bits per heavy atom. The highest BCUT2D eigenvalue weighted by Gasteiger charge is 2.28. The second-order valence-electron chi connectivity index (χ2n) is 13.1. The molecule has 11 heteroatoms. The Labute approximate surface area is 287 Å². The number of aromatic amines is 1. The van der Waals surface area contributed by atoms with Crippen molar-refractivity contribution < 1.29 is 24.3 Å². The number of carbonyl (C=O) groups is 4. The van der Waals surface area contributed by atoms with Crippen molar-refractivity contribution in [1.82, 2.24) is 20.9 Å². The van der Waals surface area contributed by atoms with Crippen LogP contribution in [0.2, 0.25) is 0 Å². The predicted molar refractivity (Wildman–Crippen MR) is 192 cm³/mol. The van der Waals surface area contributed by atoms with Crippen molar-refractivity contribution in [2.75, 3.05) is 13.1 Å². The molecule has 270 valence electrons. The number of carbonyl (C=O) groups excluding carboxylic acids is 3. The monoisotopic (exact) mass is 670 g/mol. The molecule has 11 nitrogen and oxygen atoms in total. The molecule has 0 bridgehead atoms. The number of amides is 3. The van der Waals surface area contributed by atoms with E-state index in [-0.39, 0.29) is 31.7 Å². The summed E-state index contributed by atoms with van der Waals surface area (Å²) in [7, 11) is 0. The zero-order chi connectivity index (χ0) is 35.0. The smallest absolute Gasteiger partial charge is 0.326 e. The summed E-state index contributed by atoms with van der Waals surface area (Å²) < 4.78 is 0. The molecule has 0 saturated heterocycles. The molecule has 1 aromatic carbocycles. The number of nitrogens with two attached hydrogens (primary N) is 2. The lowest BCUT2D eigenvalue weighted by Crippen LogP contribution is -2.55. The van der Waals surface area contributed by atoms with Crippen LogP contribution in [0.5, 0.6) is 0 Å². The van der Waals surface area contributed by atoms with E-state index in [4.69, 9.17) is 11.5 Å². The van der Waals surface area contributed by atoms with Crippen LogP contribution < -0.4 is 27.4 Å². The minimum atomic E-state index is -1.20. The third kappa shape index (κ3) is 17.1. The summed E-state index contributed by atoms with van der Waals surface area (Å²) in [6.45, 7) is 2.93. The van der Waals surface area contributed by atoms with Gasteiger partial charge in [0.1, 0.15) is 12.1 Å². The van der Waals surface area contributed by atoms with E-state index in [0.717, 1.165) is 30.2 Å². The van der Waals surface area contributed by atoms with E-state index >= 15 is 0 Å². The highest BCUT2D eigenvalue weighted by Crippen LogP contribution is 2.16. The quantitative estimate of drug-likeness (QED) is 0.0604. The Hall–Kier alpha value is -3.44. The van der Waals surface area contributed by atoms with Gasteiger partial charge in [0.2, 0.25) is 17.7 Å². The first-order valence-corrected chi connectivity index (χ1v) is 18.4. The predicted octanol–water partition coefficient (Wildman–Crippen LogP) is 5.21. The first-order chi connectivity index (χ1) is 23.2. The highest BCUT2D eigenvalue weighted by molar-refractivity contribution is 5.92. The van der Waals surface area contributed by atoms with Gasteiger partial charge >= 0.3 is 5.97 Å². The van der Waals surface area contributed by atoms with Gasteiger partial charge in [-0.25, -0.2) is 4.79 Å². The second-order valence-corrected chi connectivity index (χ2v) is 13.1. The maximum Gasteiger partial charge on any atom is 0.326 e. The number of hydrogen-bond donors (Lipinski definition) is 7. The zero-order valence-electron chi connectivity index (χ0n) is 29.2. The van der Waals surface area contributed by atoms with Crippen LogP contribution in [-0.2, 0) is 25.6 Å². The van der Waals surface area contributed by atoms with Crippen LogP contribution in [0.25, 0.3) is 10.9 Å². The minimum absolute atomic E-state index is 0.0533. The van der Waals surface area contributed by atoms with E-state index in [1.54, 1.807) is 0 Å². The van der Waals surface area contributed by atoms with E-state index < -0.39 is 35.9 Å². The summed E-state index contributed by atoms with van der Waals surface area (Å²) >= 11 is 0. The molecule has 2 rings (SSSR count). The van der Waals surface area contributed by atoms with Gasteiger partial charge in [0.05, 0.1) is 6.04 Å². The molecule has 0 fully saturated rings. The molecule has 3 amide bonds. The van der Waals surface area contributed by atoms with Crippen molar-refractivity contribution >= 4 is 34.6 Å². The number of para-hydroxylation sites is 1. The first-order valence-electron chi connectivity index (χ1n) is 18.4. The number of H-pyrrole nitrogens is 1. The third-order valence-electron chi connectivity index (χ3n) is 8.83. The van der Waals surface area contributed by atoms with Gasteiger partial charge in [0.25, 0.3) is 0 Å². The van der Waals surface area contributed by atoms with Crippen molar-refractivity contribution in [2.45, 2.75) is 147 Å². The van der Waals surface area contributed by atoms with Crippen molar-refractivity contribution in [2.24, 2.45) is 11.5 Å². The maximum atomic E-state index is 13.2. The number of carboxylic acids is 1. The fourth-order valence-electron chi connectivity index (χ4n) is 5.87. The lowest BCUT2D eigenvalue weighted by molar-refractivity contribution is -0.142. The minimum Gasteiger partial charge on any atom is -0.480 e. The summed E-state index contributed by atoms with van der Waals surface area (Å²) in [5.41, 5.74) is 13.3. The molecule has 0 aliphatic heterocycles. The Bertz CT molecular complexity index is 1180. The van der Waals surface area contributed by atoms with E-state index in [2.05, 4.69) is 27.9 Å². The van der Waals surface area contributed by atoms with E-state index in [1.165, 1.54) is 64.2 Å². The number of benzene rings is 1. The van der Waals surface area contributed by atoms with Crippen LogP contribution in [0, 0.1) is 0 Å².